The standard InChI is InChI=1S/C14H21N5S/c1-4-5-15-11-8-12(19-14(18-11)10(2)3)17-9-13-16-6-7-20-13/h6-8,10H,4-5,9H2,1-3H3,(H2,15,17,18,19). The average Bonchev–Trinajstić information content (AvgIpc) is 2.96. The Labute approximate surface area is 123 Å². The first-order valence-electron chi connectivity index (χ1n) is 6.94. The van der Waals surface area contributed by atoms with Crippen LogP contribution in [0.3, 0.4) is 0 Å². The van der Waals surface area contributed by atoms with Gasteiger partial charge < -0.3 is 10.6 Å². The molecule has 0 saturated heterocycles. The number of rotatable bonds is 7. The molecule has 0 aliphatic carbocycles. The first kappa shape index (κ1) is 14.7. The van der Waals surface area contributed by atoms with Gasteiger partial charge >= 0.3 is 0 Å². The topological polar surface area (TPSA) is 62.7 Å². The van der Waals surface area contributed by atoms with Crippen molar-refractivity contribution in [3.05, 3.63) is 28.5 Å². The van der Waals surface area contributed by atoms with Crippen molar-refractivity contribution in [1.29, 1.82) is 0 Å². The van der Waals surface area contributed by atoms with E-state index in [0.29, 0.717) is 12.5 Å². The van der Waals surface area contributed by atoms with Crippen molar-refractivity contribution >= 4 is 23.0 Å². The van der Waals surface area contributed by atoms with Crippen LogP contribution in [0.2, 0.25) is 0 Å². The summed E-state index contributed by atoms with van der Waals surface area (Å²) >= 11 is 1.64. The highest BCUT2D eigenvalue weighted by molar-refractivity contribution is 7.09. The number of hydrogen-bond acceptors (Lipinski definition) is 6. The molecule has 0 amide bonds. The second-order valence-electron chi connectivity index (χ2n) is 4.86. The SMILES string of the molecule is CCCNc1cc(NCc2nccs2)nc(C(C)C)n1. The predicted octanol–water partition coefficient (Wildman–Crippen LogP) is 3.49. The molecule has 0 spiro atoms. The van der Waals surface area contributed by atoms with Crippen LogP contribution in [-0.2, 0) is 6.54 Å². The second-order valence-corrected chi connectivity index (χ2v) is 5.84. The van der Waals surface area contributed by atoms with Gasteiger partial charge in [-0.3, -0.25) is 0 Å². The Morgan fingerprint density at radius 3 is 2.55 bits per heavy atom. The first-order chi connectivity index (χ1) is 9.69. The summed E-state index contributed by atoms with van der Waals surface area (Å²) in [5.41, 5.74) is 0. The molecule has 0 aliphatic heterocycles. The molecule has 0 radical (unpaired) electrons. The molecule has 2 N–H and O–H groups in total. The highest BCUT2D eigenvalue weighted by Gasteiger charge is 2.08. The van der Waals surface area contributed by atoms with Crippen LogP contribution in [0.1, 0.15) is 43.9 Å². The van der Waals surface area contributed by atoms with Crippen molar-refractivity contribution in [2.75, 3.05) is 17.2 Å². The molecule has 0 unspecified atom stereocenters. The molecule has 0 aliphatic rings. The smallest absolute Gasteiger partial charge is 0.135 e. The van der Waals surface area contributed by atoms with Crippen molar-refractivity contribution in [3.8, 4) is 0 Å². The van der Waals surface area contributed by atoms with Crippen LogP contribution < -0.4 is 10.6 Å². The third-order valence-electron chi connectivity index (χ3n) is 2.72. The number of anilines is 2. The fourth-order valence-electron chi connectivity index (χ4n) is 1.66. The van der Waals surface area contributed by atoms with E-state index in [1.807, 2.05) is 17.6 Å². The van der Waals surface area contributed by atoms with Gasteiger partial charge in [-0.2, -0.15) is 0 Å². The van der Waals surface area contributed by atoms with Gasteiger partial charge in [-0.15, -0.1) is 11.3 Å². The zero-order valence-electron chi connectivity index (χ0n) is 12.2. The van der Waals surface area contributed by atoms with E-state index in [2.05, 4.69) is 46.4 Å². The summed E-state index contributed by atoms with van der Waals surface area (Å²) in [5, 5.41) is 9.67. The summed E-state index contributed by atoms with van der Waals surface area (Å²) in [6, 6.07) is 1.95. The molecule has 2 aromatic rings. The zero-order valence-corrected chi connectivity index (χ0v) is 13.0. The van der Waals surface area contributed by atoms with Crippen LogP contribution in [0.15, 0.2) is 17.6 Å². The van der Waals surface area contributed by atoms with E-state index >= 15 is 0 Å². The summed E-state index contributed by atoms with van der Waals surface area (Å²) < 4.78 is 0. The molecule has 2 aromatic heterocycles. The minimum absolute atomic E-state index is 0.304. The van der Waals surface area contributed by atoms with E-state index in [0.717, 1.165) is 35.4 Å². The van der Waals surface area contributed by atoms with Crippen LogP contribution >= 0.6 is 11.3 Å². The van der Waals surface area contributed by atoms with Crippen LogP contribution in [-0.4, -0.2) is 21.5 Å². The zero-order chi connectivity index (χ0) is 14.4. The van der Waals surface area contributed by atoms with E-state index in [9.17, 15) is 0 Å². The number of hydrogen-bond donors (Lipinski definition) is 2. The van der Waals surface area contributed by atoms with Crippen LogP contribution in [0, 0.1) is 0 Å². The number of aromatic nitrogens is 3. The largest absolute Gasteiger partial charge is 0.370 e. The highest BCUT2D eigenvalue weighted by Crippen LogP contribution is 2.18. The van der Waals surface area contributed by atoms with Crippen molar-refractivity contribution in [1.82, 2.24) is 15.0 Å². The molecule has 6 heteroatoms. The molecule has 2 heterocycles. The van der Waals surface area contributed by atoms with Gasteiger partial charge in [0, 0.05) is 30.1 Å². The highest BCUT2D eigenvalue weighted by atomic mass is 32.1. The average molecular weight is 291 g/mol. The number of nitrogens with one attached hydrogen (secondary N) is 2. The monoisotopic (exact) mass is 291 g/mol. The number of thiazole rings is 1. The molecule has 2 rings (SSSR count). The Hall–Kier alpha value is -1.69. The second kappa shape index (κ2) is 7.19. The lowest BCUT2D eigenvalue weighted by atomic mass is 10.2. The molecular weight excluding hydrogens is 270 g/mol. The predicted molar refractivity (Wildman–Crippen MR) is 84.3 cm³/mol. The molecule has 0 bridgehead atoms. The van der Waals surface area contributed by atoms with Gasteiger partial charge in [0.2, 0.25) is 0 Å². The lowest BCUT2D eigenvalue weighted by Gasteiger charge is -2.12. The van der Waals surface area contributed by atoms with E-state index in [4.69, 9.17) is 0 Å². The Balaban J connectivity index is 2.11. The molecule has 20 heavy (non-hydrogen) atoms. The summed E-state index contributed by atoms with van der Waals surface area (Å²) in [5.74, 6) is 2.89. The quantitative estimate of drug-likeness (QED) is 0.817. The molecule has 0 saturated carbocycles. The van der Waals surface area contributed by atoms with Crippen molar-refractivity contribution in [2.24, 2.45) is 0 Å². The molecule has 108 valence electrons. The van der Waals surface area contributed by atoms with Crippen LogP contribution in [0.4, 0.5) is 11.6 Å². The van der Waals surface area contributed by atoms with E-state index in [1.54, 1.807) is 11.3 Å². The van der Waals surface area contributed by atoms with Gasteiger partial charge in [0.05, 0.1) is 6.54 Å². The Morgan fingerprint density at radius 1 is 1.20 bits per heavy atom. The van der Waals surface area contributed by atoms with Gasteiger partial charge in [0.1, 0.15) is 22.5 Å². The molecule has 0 fully saturated rings. The third kappa shape index (κ3) is 4.16. The van der Waals surface area contributed by atoms with Gasteiger partial charge in [-0.05, 0) is 6.42 Å². The molecule has 0 aromatic carbocycles. The van der Waals surface area contributed by atoms with Gasteiger partial charge in [0.25, 0.3) is 0 Å². The van der Waals surface area contributed by atoms with E-state index in [1.165, 1.54) is 0 Å². The lowest BCUT2D eigenvalue weighted by molar-refractivity contribution is 0.773. The van der Waals surface area contributed by atoms with Crippen LogP contribution in [0.25, 0.3) is 0 Å². The fourth-order valence-corrected chi connectivity index (χ4v) is 2.22. The van der Waals surface area contributed by atoms with Crippen LogP contribution in [0.5, 0.6) is 0 Å². The summed E-state index contributed by atoms with van der Waals surface area (Å²) in [4.78, 5) is 13.4. The van der Waals surface area contributed by atoms with Gasteiger partial charge in [-0.1, -0.05) is 20.8 Å². The van der Waals surface area contributed by atoms with Crippen molar-refractivity contribution in [3.63, 3.8) is 0 Å². The Bertz CT molecular complexity index is 524. The molecular formula is C14H21N5S. The minimum atomic E-state index is 0.304. The van der Waals surface area contributed by atoms with E-state index < -0.39 is 0 Å². The Morgan fingerprint density at radius 2 is 1.95 bits per heavy atom. The maximum absolute atomic E-state index is 4.56. The summed E-state index contributed by atoms with van der Waals surface area (Å²) in [6.45, 7) is 7.95. The van der Waals surface area contributed by atoms with Gasteiger partial charge in [-0.25, -0.2) is 15.0 Å². The lowest BCUT2D eigenvalue weighted by Crippen LogP contribution is -2.09. The van der Waals surface area contributed by atoms with E-state index in [-0.39, 0.29) is 0 Å². The Kier molecular flexibility index (Phi) is 5.29. The molecule has 5 nitrogen and oxygen atoms in total. The fraction of sp³-hybridized carbons (Fsp3) is 0.500. The third-order valence-corrected chi connectivity index (χ3v) is 3.50. The van der Waals surface area contributed by atoms with Crippen molar-refractivity contribution < 1.29 is 0 Å². The summed E-state index contributed by atoms with van der Waals surface area (Å²) in [6.07, 6.45) is 2.89. The van der Waals surface area contributed by atoms with Crippen molar-refractivity contribution in [2.45, 2.75) is 39.7 Å². The van der Waals surface area contributed by atoms with Gasteiger partial charge in [0.15, 0.2) is 0 Å². The molecule has 0 atom stereocenters. The number of nitrogens with zero attached hydrogens (tertiary/aromatic N) is 3. The minimum Gasteiger partial charge on any atom is -0.370 e. The summed E-state index contributed by atoms with van der Waals surface area (Å²) in [7, 11) is 0. The normalized spacial score (nSPS) is 10.8. The first-order valence-corrected chi connectivity index (χ1v) is 7.82. The maximum Gasteiger partial charge on any atom is 0.135 e. The maximum atomic E-state index is 4.56.